The molecule has 0 radical (unpaired) electrons. The quantitative estimate of drug-likeness (QED) is 0.0848. The number of aromatic hydroxyl groups is 1. The van der Waals surface area contributed by atoms with Gasteiger partial charge in [0.25, 0.3) is 5.91 Å². The van der Waals surface area contributed by atoms with Crippen molar-refractivity contribution < 1.29 is 33.8 Å². The zero-order valence-corrected chi connectivity index (χ0v) is 34.5. The minimum atomic E-state index is -1.40. The Morgan fingerprint density at radius 1 is 1.07 bits per heavy atom. The van der Waals surface area contributed by atoms with Crippen molar-refractivity contribution in [2.75, 3.05) is 39.8 Å². The van der Waals surface area contributed by atoms with Crippen molar-refractivity contribution in [3.05, 3.63) is 94.8 Å². The number of aryl methyl sites for hydroxylation is 2. The van der Waals surface area contributed by atoms with Crippen LogP contribution in [0.3, 0.4) is 0 Å². The van der Waals surface area contributed by atoms with Gasteiger partial charge in [-0.1, -0.05) is 49.7 Å². The second kappa shape index (κ2) is 21.4. The van der Waals surface area contributed by atoms with Crippen LogP contribution in [-0.2, 0) is 32.0 Å². The smallest absolute Gasteiger partial charge is 0.255 e. The van der Waals surface area contributed by atoms with E-state index < -0.39 is 54.2 Å². The number of benzene rings is 3. The average Bonchev–Trinajstić information content (AvgIpc) is 3.26. The van der Waals surface area contributed by atoms with Crippen LogP contribution in [0.5, 0.6) is 11.5 Å². The summed E-state index contributed by atoms with van der Waals surface area (Å²) in [5.41, 5.74) is 15.6. The van der Waals surface area contributed by atoms with Gasteiger partial charge in [-0.2, -0.15) is 5.26 Å². The molecule has 0 fully saturated rings. The fourth-order valence-corrected chi connectivity index (χ4v) is 6.97. The highest BCUT2D eigenvalue weighted by molar-refractivity contribution is 5.99. The molecule has 0 saturated carbocycles. The molecule has 17 heteroatoms. The molecule has 1 aliphatic heterocycles. The zero-order chi connectivity index (χ0) is 44.1. The molecule has 0 saturated heterocycles. The molecule has 61 heavy (non-hydrogen) atoms. The third-order valence-corrected chi connectivity index (χ3v) is 10.2. The van der Waals surface area contributed by atoms with Crippen LogP contribution in [0.1, 0.15) is 65.0 Å². The molecule has 4 bridgehead atoms. The van der Waals surface area contributed by atoms with Gasteiger partial charge in [0.1, 0.15) is 42.8 Å². The molecule has 3 atom stereocenters. The Morgan fingerprint density at radius 3 is 2.52 bits per heavy atom. The third kappa shape index (κ3) is 11.4. The predicted octanol–water partition coefficient (Wildman–Crippen LogP) is 1.95. The maximum absolute atomic E-state index is 14.4. The number of nitriles is 1. The molecule has 9 N–H and O–H groups in total. The number of phenolic OH excluding ortho intramolecular Hbond substituents is 1. The number of amides is 5. The molecule has 2 heterocycles. The predicted molar refractivity (Wildman–Crippen MR) is 227 cm³/mol. The number of nitrogens with one attached hydrogen (secondary N) is 4. The maximum atomic E-state index is 14.4. The summed E-state index contributed by atoms with van der Waals surface area (Å²) in [5, 5.41) is 30.6. The van der Waals surface area contributed by atoms with Crippen molar-refractivity contribution >= 4 is 29.5 Å². The van der Waals surface area contributed by atoms with Gasteiger partial charge < -0.3 is 47.5 Å². The molecule has 0 spiro atoms. The van der Waals surface area contributed by atoms with Crippen LogP contribution in [0.2, 0.25) is 0 Å². The van der Waals surface area contributed by atoms with E-state index in [1.807, 2.05) is 30.3 Å². The van der Waals surface area contributed by atoms with Crippen molar-refractivity contribution in [1.82, 2.24) is 36.1 Å². The van der Waals surface area contributed by atoms with Crippen LogP contribution in [0.25, 0.3) is 22.5 Å². The van der Waals surface area contributed by atoms with E-state index >= 15 is 0 Å². The molecular weight excluding hydrogens is 781 g/mol. The van der Waals surface area contributed by atoms with Crippen LogP contribution in [0.15, 0.2) is 66.9 Å². The highest BCUT2D eigenvalue weighted by Gasteiger charge is 2.35. The Kier molecular flexibility index (Phi) is 15.8. The summed E-state index contributed by atoms with van der Waals surface area (Å²) in [6, 6.07) is 15.4. The summed E-state index contributed by atoms with van der Waals surface area (Å²) in [6.45, 7) is 3.21. The lowest BCUT2D eigenvalue weighted by Gasteiger charge is -2.32. The van der Waals surface area contributed by atoms with Gasteiger partial charge in [0.15, 0.2) is 5.82 Å². The van der Waals surface area contributed by atoms with Crippen molar-refractivity contribution in [1.29, 1.82) is 5.26 Å². The number of hydrogen-bond acceptors (Lipinski definition) is 12. The van der Waals surface area contributed by atoms with Gasteiger partial charge in [0, 0.05) is 42.9 Å². The molecule has 3 aromatic carbocycles. The van der Waals surface area contributed by atoms with Gasteiger partial charge in [0.2, 0.25) is 23.6 Å². The maximum Gasteiger partial charge on any atom is 0.255 e. The van der Waals surface area contributed by atoms with Crippen LogP contribution >= 0.6 is 0 Å². The molecule has 1 aliphatic rings. The van der Waals surface area contributed by atoms with Crippen LogP contribution in [0.4, 0.5) is 0 Å². The largest absolute Gasteiger partial charge is 0.507 e. The minimum absolute atomic E-state index is 0.000285. The summed E-state index contributed by atoms with van der Waals surface area (Å²) in [7, 11) is 1.38. The number of nitrogens with zero attached hydrogens (tertiary/aromatic N) is 4. The van der Waals surface area contributed by atoms with Crippen LogP contribution in [0, 0.1) is 18.3 Å². The van der Waals surface area contributed by atoms with Gasteiger partial charge in [0.05, 0.1) is 23.9 Å². The molecule has 5 rings (SSSR count). The monoisotopic (exact) mass is 832 g/mol. The fraction of sp³-hybridized carbons (Fsp3) is 0.364. The van der Waals surface area contributed by atoms with Gasteiger partial charge in [-0.3, -0.25) is 24.0 Å². The van der Waals surface area contributed by atoms with Crippen LogP contribution < -0.4 is 37.5 Å². The molecule has 1 aromatic heterocycles. The van der Waals surface area contributed by atoms with Gasteiger partial charge in [-0.05, 0) is 73.7 Å². The first kappa shape index (κ1) is 45.2. The molecule has 4 aromatic rings. The number of ether oxygens (including phenoxy) is 1. The molecule has 0 aliphatic carbocycles. The van der Waals surface area contributed by atoms with E-state index in [-0.39, 0.29) is 61.5 Å². The Labute approximate surface area is 354 Å². The molecular formula is C44H52N10O7. The van der Waals surface area contributed by atoms with E-state index in [0.717, 1.165) is 29.7 Å². The number of hydrogen-bond donors (Lipinski definition) is 7. The molecule has 17 nitrogen and oxygen atoms in total. The molecule has 320 valence electrons. The Balaban J connectivity index is 1.48. The van der Waals surface area contributed by atoms with E-state index in [4.69, 9.17) is 21.5 Å². The highest BCUT2D eigenvalue weighted by atomic mass is 16.5. The highest BCUT2D eigenvalue weighted by Crippen LogP contribution is 2.39. The lowest BCUT2D eigenvalue weighted by molar-refractivity contribution is -0.141. The SMILES string of the molecule is CCCCc1ccc(-c2ncc(C(=O)N[C@@H](CCN)C(=O)N(C)[C@@H]3C(=O)NCC(=O)N[C@H](C(=O)NCC#N)Cc4ccc(O)c(c4)-c4cc3ccc4OCCN)c(C)n2)cc1. The lowest BCUT2D eigenvalue weighted by atomic mass is 9.93. The summed E-state index contributed by atoms with van der Waals surface area (Å²) in [6.07, 6.45) is 4.53. The minimum Gasteiger partial charge on any atom is -0.507 e. The molecule has 0 unspecified atom stereocenters. The second-order valence-electron chi connectivity index (χ2n) is 14.6. The van der Waals surface area contributed by atoms with Gasteiger partial charge >= 0.3 is 0 Å². The van der Waals surface area contributed by atoms with E-state index in [1.54, 1.807) is 37.3 Å². The second-order valence-corrected chi connectivity index (χ2v) is 14.6. The first-order valence-electron chi connectivity index (χ1n) is 20.1. The van der Waals surface area contributed by atoms with E-state index in [2.05, 4.69) is 38.2 Å². The number of unbranched alkanes of at least 4 members (excludes halogenated alkanes) is 1. The first-order chi connectivity index (χ1) is 29.4. The number of phenols is 1. The van der Waals surface area contributed by atoms with Crippen molar-refractivity contribution in [3.63, 3.8) is 0 Å². The number of nitrogens with two attached hydrogens (primary N) is 2. The Hall–Kier alpha value is -6.90. The van der Waals surface area contributed by atoms with E-state index in [0.29, 0.717) is 28.4 Å². The van der Waals surface area contributed by atoms with Crippen LogP contribution in [-0.4, -0.2) is 101 Å². The number of likely N-dealkylation sites (N-methyl/N-ethyl adjacent to an activating group) is 1. The van der Waals surface area contributed by atoms with E-state index in [1.165, 1.54) is 24.9 Å². The molecule has 5 amide bonds. The van der Waals surface area contributed by atoms with E-state index in [9.17, 15) is 29.1 Å². The third-order valence-electron chi connectivity index (χ3n) is 10.2. The number of fused-ring (bicyclic) bond motifs is 5. The Morgan fingerprint density at radius 2 is 1.84 bits per heavy atom. The van der Waals surface area contributed by atoms with Crippen molar-refractivity contribution in [3.8, 4) is 40.1 Å². The number of carbonyl (C=O) groups excluding carboxylic acids is 5. The standard InChI is InChI=1S/C44H52N10O7/c1-4-5-6-27-7-10-29(11-8-27)40-49-24-33(26(2)51-40)41(57)53-34(15-16-45)44(60)54(3)39-30-12-14-37(61-20-18-47)32(23-30)31-21-28(9-13-36(31)55)22-35(42(58)48-19-17-46)52-38(56)25-50-43(39)59/h7-14,21,23-24,34-35,39,55H,4-6,15-16,18-20,22,25,45,47H2,1-3H3,(H,48,58)(H,50,59)(H,52,56)(H,53,57)/t34-,35-,39-/m0/s1. The fourth-order valence-electron chi connectivity index (χ4n) is 6.97. The summed E-state index contributed by atoms with van der Waals surface area (Å²) in [4.78, 5) is 78.9. The number of rotatable bonds is 15. The zero-order valence-electron chi connectivity index (χ0n) is 34.5. The average molecular weight is 833 g/mol. The van der Waals surface area contributed by atoms with Crippen molar-refractivity contribution in [2.24, 2.45) is 11.5 Å². The Bertz CT molecular complexity index is 2280. The normalized spacial score (nSPS) is 15.5. The first-order valence-corrected chi connectivity index (χ1v) is 20.1. The number of carbonyl (C=O) groups is 5. The summed E-state index contributed by atoms with van der Waals surface area (Å²) >= 11 is 0. The van der Waals surface area contributed by atoms with Gasteiger partial charge in [-0.25, -0.2) is 9.97 Å². The van der Waals surface area contributed by atoms with Gasteiger partial charge in [-0.15, -0.1) is 0 Å². The number of aromatic nitrogens is 2. The lowest BCUT2D eigenvalue weighted by Crippen LogP contribution is -2.53. The summed E-state index contributed by atoms with van der Waals surface area (Å²) < 4.78 is 5.95. The van der Waals surface area contributed by atoms with Crippen molar-refractivity contribution in [2.45, 2.75) is 64.1 Å². The summed E-state index contributed by atoms with van der Waals surface area (Å²) in [5.74, 6) is -2.85. The topological polar surface area (TPSA) is 268 Å².